The Kier molecular flexibility index (Phi) is 4.97. The highest BCUT2D eigenvalue weighted by Crippen LogP contribution is 2.21. The van der Waals surface area contributed by atoms with Crippen LogP contribution in [0.1, 0.15) is 30.6 Å². The molecule has 0 saturated heterocycles. The van der Waals surface area contributed by atoms with Crippen LogP contribution in [0.3, 0.4) is 0 Å². The number of nitrogens with zero attached hydrogens (tertiary/aromatic N) is 1. The quantitative estimate of drug-likeness (QED) is 0.582. The van der Waals surface area contributed by atoms with Crippen molar-refractivity contribution >= 4 is 17.2 Å². The summed E-state index contributed by atoms with van der Waals surface area (Å²) in [5.74, 6) is -0.0254. The van der Waals surface area contributed by atoms with E-state index in [9.17, 15) is 4.79 Å². The Morgan fingerprint density at radius 1 is 1.47 bits per heavy atom. The summed E-state index contributed by atoms with van der Waals surface area (Å²) in [6.45, 7) is 5.33. The van der Waals surface area contributed by atoms with Crippen molar-refractivity contribution in [3.63, 3.8) is 0 Å². The van der Waals surface area contributed by atoms with Gasteiger partial charge in [0.1, 0.15) is 0 Å². The molecule has 0 radical (unpaired) electrons. The van der Waals surface area contributed by atoms with E-state index in [0.29, 0.717) is 17.7 Å². The molecule has 0 heterocycles. The van der Waals surface area contributed by atoms with E-state index in [4.69, 9.17) is 10.8 Å². The average Bonchev–Trinajstić information content (AvgIpc) is 2.31. The van der Waals surface area contributed by atoms with Gasteiger partial charge >= 0.3 is 0 Å². The van der Waals surface area contributed by atoms with Gasteiger partial charge in [0, 0.05) is 36.6 Å². The lowest BCUT2D eigenvalue weighted by Crippen LogP contribution is -2.24. The highest BCUT2D eigenvalue weighted by atomic mass is 16.3. The molecule has 4 nitrogen and oxygen atoms in total. The van der Waals surface area contributed by atoms with Crippen molar-refractivity contribution < 1.29 is 9.90 Å². The van der Waals surface area contributed by atoms with Gasteiger partial charge in [-0.25, -0.2) is 0 Å². The van der Waals surface area contributed by atoms with Gasteiger partial charge in [-0.3, -0.25) is 4.79 Å². The zero-order chi connectivity index (χ0) is 12.8. The Hall–Kier alpha value is -1.55. The molecular formula is C13H20N2O2. The van der Waals surface area contributed by atoms with Gasteiger partial charge < -0.3 is 15.7 Å². The summed E-state index contributed by atoms with van der Waals surface area (Å²) in [7, 11) is 0. The lowest BCUT2D eigenvalue weighted by atomic mass is 10.1. The third kappa shape index (κ3) is 3.46. The van der Waals surface area contributed by atoms with E-state index in [1.807, 2.05) is 19.1 Å². The number of carbonyl (C=O) groups excluding carboxylic acids is 1. The first kappa shape index (κ1) is 13.5. The summed E-state index contributed by atoms with van der Waals surface area (Å²) in [4.78, 5) is 13.5. The first-order valence-electron chi connectivity index (χ1n) is 5.86. The van der Waals surface area contributed by atoms with E-state index >= 15 is 0 Å². The van der Waals surface area contributed by atoms with Crippen LogP contribution in [0, 0.1) is 0 Å². The molecule has 0 saturated carbocycles. The number of hydrogen-bond donors (Lipinski definition) is 2. The number of benzene rings is 1. The van der Waals surface area contributed by atoms with Gasteiger partial charge in [0.2, 0.25) is 0 Å². The van der Waals surface area contributed by atoms with Crippen LogP contribution in [-0.4, -0.2) is 30.6 Å². The fourth-order valence-corrected chi connectivity index (χ4v) is 1.78. The Labute approximate surface area is 102 Å². The molecule has 17 heavy (non-hydrogen) atoms. The molecule has 1 rings (SSSR count). The van der Waals surface area contributed by atoms with E-state index in [0.717, 1.165) is 18.8 Å². The second-order valence-corrected chi connectivity index (χ2v) is 3.98. The Morgan fingerprint density at radius 3 is 2.71 bits per heavy atom. The first-order chi connectivity index (χ1) is 8.10. The zero-order valence-electron chi connectivity index (χ0n) is 10.4. The van der Waals surface area contributed by atoms with Gasteiger partial charge in [-0.1, -0.05) is 0 Å². The minimum atomic E-state index is -0.0254. The van der Waals surface area contributed by atoms with Crippen LogP contribution in [0.2, 0.25) is 0 Å². The van der Waals surface area contributed by atoms with Gasteiger partial charge in [-0.05, 0) is 38.5 Å². The number of nitrogens with two attached hydrogens (primary N) is 1. The van der Waals surface area contributed by atoms with Crippen LogP contribution in [-0.2, 0) is 0 Å². The number of anilines is 2. The summed E-state index contributed by atoms with van der Waals surface area (Å²) in [6, 6.07) is 5.48. The molecule has 0 aromatic heterocycles. The van der Waals surface area contributed by atoms with Crippen molar-refractivity contribution in [2.45, 2.75) is 20.3 Å². The maximum atomic E-state index is 11.4. The molecule has 0 amide bonds. The van der Waals surface area contributed by atoms with Crippen LogP contribution in [0.25, 0.3) is 0 Å². The molecule has 0 spiro atoms. The number of aliphatic hydroxyl groups excluding tert-OH is 1. The largest absolute Gasteiger partial charge is 0.398 e. The SMILES string of the molecule is CCN(CCCO)c1ccc(N)c(C(C)=O)c1. The molecule has 0 bridgehead atoms. The average molecular weight is 236 g/mol. The van der Waals surface area contributed by atoms with E-state index < -0.39 is 0 Å². The third-order valence-corrected chi connectivity index (χ3v) is 2.75. The highest BCUT2D eigenvalue weighted by molar-refractivity contribution is 6.00. The highest BCUT2D eigenvalue weighted by Gasteiger charge is 2.09. The maximum Gasteiger partial charge on any atom is 0.161 e. The van der Waals surface area contributed by atoms with Crippen LogP contribution >= 0.6 is 0 Å². The maximum absolute atomic E-state index is 11.4. The number of rotatable bonds is 6. The summed E-state index contributed by atoms with van der Waals surface area (Å²) < 4.78 is 0. The number of carbonyl (C=O) groups is 1. The van der Waals surface area contributed by atoms with E-state index in [2.05, 4.69) is 4.90 Å². The van der Waals surface area contributed by atoms with Gasteiger partial charge in [0.25, 0.3) is 0 Å². The van der Waals surface area contributed by atoms with Crippen molar-refractivity contribution in [1.82, 2.24) is 0 Å². The fourth-order valence-electron chi connectivity index (χ4n) is 1.78. The Morgan fingerprint density at radius 2 is 2.18 bits per heavy atom. The van der Waals surface area contributed by atoms with E-state index in [1.54, 1.807) is 6.07 Å². The topological polar surface area (TPSA) is 66.6 Å². The van der Waals surface area contributed by atoms with Crippen molar-refractivity contribution in [3.05, 3.63) is 23.8 Å². The van der Waals surface area contributed by atoms with E-state index in [-0.39, 0.29) is 12.4 Å². The lowest BCUT2D eigenvalue weighted by molar-refractivity contribution is 0.101. The van der Waals surface area contributed by atoms with Crippen LogP contribution in [0.15, 0.2) is 18.2 Å². The number of ketones is 1. The summed E-state index contributed by atoms with van der Waals surface area (Å²) in [5, 5.41) is 8.84. The Balaban J connectivity index is 2.96. The van der Waals surface area contributed by atoms with Crippen LogP contribution in [0.4, 0.5) is 11.4 Å². The molecule has 1 aromatic carbocycles. The van der Waals surface area contributed by atoms with Crippen molar-refractivity contribution in [2.24, 2.45) is 0 Å². The van der Waals surface area contributed by atoms with Gasteiger partial charge in [-0.15, -0.1) is 0 Å². The first-order valence-corrected chi connectivity index (χ1v) is 5.86. The van der Waals surface area contributed by atoms with Gasteiger partial charge in [0.15, 0.2) is 5.78 Å². The molecule has 0 atom stereocenters. The number of Topliss-reactive ketones (excluding diaryl/α,β-unsaturated/α-hetero) is 1. The van der Waals surface area contributed by atoms with Crippen molar-refractivity contribution in [1.29, 1.82) is 0 Å². The lowest BCUT2D eigenvalue weighted by Gasteiger charge is -2.23. The summed E-state index contributed by atoms with van der Waals surface area (Å²) >= 11 is 0. The predicted molar refractivity (Wildman–Crippen MR) is 70.4 cm³/mol. The standard InChI is InChI=1S/C13H20N2O2/c1-3-15(7-4-8-16)11-5-6-13(14)12(9-11)10(2)17/h5-6,9,16H,3-4,7-8,14H2,1-2H3. The van der Waals surface area contributed by atoms with Crippen LogP contribution in [0.5, 0.6) is 0 Å². The molecular weight excluding hydrogens is 216 g/mol. The minimum absolute atomic E-state index is 0.0254. The summed E-state index contributed by atoms with van der Waals surface area (Å²) in [6.07, 6.45) is 0.716. The summed E-state index contributed by atoms with van der Waals surface area (Å²) in [5.41, 5.74) is 7.80. The van der Waals surface area contributed by atoms with Crippen molar-refractivity contribution in [3.8, 4) is 0 Å². The smallest absolute Gasteiger partial charge is 0.161 e. The third-order valence-electron chi connectivity index (χ3n) is 2.75. The molecule has 1 aromatic rings. The van der Waals surface area contributed by atoms with Gasteiger partial charge in [0.05, 0.1) is 0 Å². The minimum Gasteiger partial charge on any atom is -0.398 e. The number of nitrogen functional groups attached to an aromatic ring is 1. The molecule has 3 N–H and O–H groups in total. The molecule has 0 fully saturated rings. The van der Waals surface area contributed by atoms with Crippen molar-refractivity contribution in [2.75, 3.05) is 30.3 Å². The van der Waals surface area contributed by atoms with Crippen LogP contribution < -0.4 is 10.6 Å². The normalized spacial score (nSPS) is 10.3. The molecule has 94 valence electrons. The van der Waals surface area contributed by atoms with E-state index in [1.165, 1.54) is 6.92 Å². The fraction of sp³-hybridized carbons (Fsp3) is 0.462. The predicted octanol–water partition coefficient (Wildman–Crippen LogP) is 1.68. The molecule has 4 heteroatoms. The monoisotopic (exact) mass is 236 g/mol. The van der Waals surface area contributed by atoms with Gasteiger partial charge in [-0.2, -0.15) is 0 Å². The molecule has 0 unspecified atom stereocenters. The Bertz CT molecular complexity index is 391. The number of aliphatic hydroxyl groups is 1. The number of hydrogen-bond acceptors (Lipinski definition) is 4. The molecule has 0 aliphatic rings. The second-order valence-electron chi connectivity index (χ2n) is 3.98. The zero-order valence-corrected chi connectivity index (χ0v) is 10.4. The second kappa shape index (κ2) is 6.25. The molecule has 0 aliphatic carbocycles. The molecule has 0 aliphatic heterocycles.